The third-order valence-corrected chi connectivity index (χ3v) is 5.86. The van der Waals surface area contributed by atoms with Crippen molar-refractivity contribution in [2.45, 2.75) is 12.6 Å². The van der Waals surface area contributed by atoms with Gasteiger partial charge >= 0.3 is 6.03 Å². The molecule has 31 heavy (non-hydrogen) atoms. The quantitative estimate of drug-likeness (QED) is 0.708. The van der Waals surface area contributed by atoms with Gasteiger partial charge in [-0.3, -0.25) is 14.5 Å². The Morgan fingerprint density at radius 1 is 1.26 bits per heavy atom. The van der Waals surface area contributed by atoms with Crippen LogP contribution in [-0.4, -0.2) is 95.6 Å². The molecule has 1 unspecified atom stereocenters. The largest absolute Gasteiger partial charge is 0.488 e. The Balaban J connectivity index is 1.35. The number of nitrogens with zero attached hydrogens (tertiary/aromatic N) is 5. The van der Waals surface area contributed by atoms with E-state index in [1.807, 2.05) is 17.1 Å². The molecule has 0 spiro atoms. The van der Waals surface area contributed by atoms with Crippen LogP contribution >= 0.6 is 0 Å². The number of ether oxygens (including phenoxy) is 1. The molecule has 2 saturated heterocycles. The second kappa shape index (κ2) is 7.34. The molecule has 4 amide bonds. The van der Waals surface area contributed by atoms with Crippen molar-refractivity contribution in [2.75, 3.05) is 51.8 Å². The van der Waals surface area contributed by atoms with Crippen LogP contribution in [0.1, 0.15) is 16.9 Å². The van der Waals surface area contributed by atoms with Crippen molar-refractivity contribution in [3.8, 4) is 5.75 Å². The van der Waals surface area contributed by atoms with Crippen molar-refractivity contribution < 1.29 is 19.1 Å². The van der Waals surface area contributed by atoms with Crippen molar-refractivity contribution >= 4 is 23.7 Å². The van der Waals surface area contributed by atoms with Crippen LogP contribution < -0.4 is 15.1 Å². The minimum atomic E-state index is -0.397. The maximum Gasteiger partial charge on any atom is 0.340 e. The molecule has 11 heteroatoms. The Bertz CT molecular complexity index is 994. The standard InChI is InChI=1S/C20H25N7O4/c1-23(2)17(28)12-27-20(30)26-7-4-13(10-16(26)22-27)25-8-9-31-15-11-14(21-18(15)25)19(29)24-5-3-6-24/h4,7,10-11,16,21-22H,3,5-6,8-9,12H2,1-2H3. The van der Waals surface area contributed by atoms with Crippen molar-refractivity contribution in [1.82, 2.24) is 30.1 Å². The maximum atomic E-state index is 12.6. The molecular formula is C20H25N7O4. The summed E-state index contributed by atoms with van der Waals surface area (Å²) in [4.78, 5) is 47.3. The van der Waals surface area contributed by atoms with Gasteiger partial charge in [0.25, 0.3) is 5.91 Å². The number of nitrogens with one attached hydrogen (secondary N) is 2. The molecule has 0 aromatic carbocycles. The molecule has 11 nitrogen and oxygen atoms in total. The number of likely N-dealkylation sites (N-methyl/N-ethyl adjacent to an activating group) is 1. The molecule has 0 saturated carbocycles. The van der Waals surface area contributed by atoms with E-state index in [0.717, 1.165) is 31.0 Å². The zero-order chi connectivity index (χ0) is 21.7. The number of aromatic amines is 1. The molecule has 0 aliphatic carbocycles. The maximum absolute atomic E-state index is 12.6. The Morgan fingerprint density at radius 2 is 2.06 bits per heavy atom. The molecule has 4 aliphatic rings. The predicted octanol–water partition coefficient (Wildman–Crippen LogP) is 0.127. The predicted molar refractivity (Wildman–Crippen MR) is 111 cm³/mol. The van der Waals surface area contributed by atoms with Crippen molar-refractivity contribution in [3.63, 3.8) is 0 Å². The summed E-state index contributed by atoms with van der Waals surface area (Å²) in [6, 6.07) is 1.48. The van der Waals surface area contributed by atoms with Gasteiger partial charge in [-0.1, -0.05) is 0 Å². The van der Waals surface area contributed by atoms with Crippen LogP contribution in [-0.2, 0) is 4.79 Å². The lowest BCUT2D eigenvalue weighted by atomic mass is 10.2. The van der Waals surface area contributed by atoms with Crippen LogP contribution in [0.15, 0.2) is 30.1 Å². The average molecular weight is 427 g/mol. The molecule has 5 rings (SSSR count). The van der Waals surface area contributed by atoms with Crippen molar-refractivity contribution in [1.29, 1.82) is 0 Å². The van der Waals surface area contributed by atoms with Crippen molar-refractivity contribution in [3.05, 3.63) is 35.8 Å². The lowest BCUT2D eigenvalue weighted by Gasteiger charge is -2.32. The van der Waals surface area contributed by atoms with Crippen LogP contribution in [0.25, 0.3) is 0 Å². The van der Waals surface area contributed by atoms with E-state index in [1.54, 1.807) is 36.2 Å². The van der Waals surface area contributed by atoms with E-state index in [-0.39, 0.29) is 24.4 Å². The minimum absolute atomic E-state index is 0.0206. The van der Waals surface area contributed by atoms with Gasteiger partial charge in [-0.25, -0.2) is 15.2 Å². The first-order chi connectivity index (χ1) is 14.9. The monoisotopic (exact) mass is 427 g/mol. The lowest BCUT2D eigenvalue weighted by molar-refractivity contribution is -0.129. The number of rotatable bonds is 4. The van der Waals surface area contributed by atoms with Crippen LogP contribution in [0.2, 0.25) is 0 Å². The fourth-order valence-corrected chi connectivity index (χ4v) is 3.91. The first kappa shape index (κ1) is 19.5. The molecule has 1 aromatic rings. The van der Waals surface area contributed by atoms with E-state index in [0.29, 0.717) is 24.6 Å². The number of hydrazine groups is 1. The van der Waals surface area contributed by atoms with Gasteiger partial charge in [0.1, 0.15) is 25.0 Å². The first-order valence-corrected chi connectivity index (χ1v) is 10.3. The van der Waals surface area contributed by atoms with E-state index in [2.05, 4.69) is 10.4 Å². The lowest BCUT2D eigenvalue weighted by Crippen LogP contribution is -2.43. The number of carbonyl (C=O) groups excluding carboxylic acids is 3. The van der Waals surface area contributed by atoms with E-state index in [4.69, 9.17) is 4.74 Å². The molecule has 2 fully saturated rings. The Labute approximate surface area is 179 Å². The summed E-state index contributed by atoms with van der Waals surface area (Å²) in [5, 5.41) is 1.32. The summed E-state index contributed by atoms with van der Waals surface area (Å²) in [6.45, 7) is 2.61. The Hall–Kier alpha value is -3.47. The molecule has 164 valence electrons. The van der Waals surface area contributed by atoms with Gasteiger partial charge in [-0.05, 0) is 18.6 Å². The summed E-state index contributed by atoms with van der Waals surface area (Å²) >= 11 is 0. The number of allylic oxidation sites excluding steroid dienone is 1. The van der Waals surface area contributed by atoms with Crippen LogP contribution in [0.5, 0.6) is 5.75 Å². The third kappa shape index (κ3) is 3.30. The highest BCUT2D eigenvalue weighted by molar-refractivity contribution is 5.95. The third-order valence-electron chi connectivity index (χ3n) is 5.86. The zero-order valence-electron chi connectivity index (χ0n) is 17.5. The molecule has 0 bridgehead atoms. The first-order valence-electron chi connectivity index (χ1n) is 10.3. The second-order valence-electron chi connectivity index (χ2n) is 8.09. The normalized spacial score (nSPS) is 21.9. The van der Waals surface area contributed by atoms with E-state index < -0.39 is 6.17 Å². The number of hydrogen-bond acceptors (Lipinski definition) is 6. The number of H-pyrrole nitrogens is 1. The number of amides is 4. The summed E-state index contributed by atoms with van der Waals surface area (Å²) in [5.41, 5.74) is 4.47. The molecule has 2 N–H and O–H groups in total. The van der Waals surface area contributed by atoms with Gasteiger partial charge in [-0.15, -0.1) is 0 Å². The highest BCUT2D eigenvalue weighted by Crippen LogP contribution is 2.36. The van der Waals surface area contributed by atoms with Gasteiger partial charge in [-0.2, -0.15) is 0 Å². The molecule has 0 radical (unpaired) electrons. The van der Waals surface area contributed by atoms with Gasteiger partial charge in [0, 0.05) is 45.1 Å². The van der Waals surface area contributed by atoms with E-state index in [1.165, 1.54) is 9.91 Å². The number of anilines is 1. The fourth-order valence-electron chi connectivity index (χ4n) is 3.91. The number of fused-ring (bicyclic) bond motifs is 2. The minimum Gasteiger partial charge on any atom is -0.488 e. The summed E-state index contributed by atoms with van der Waals surface area (Å²) < 4.78 is 5.77. The molecule has 4 aliphatic heterocycles. The van der Waals surface area contributed by atoms with Crippen LogP contribution in [0.3, 0.4) is 0 Å². The highest BCUT2D eigenvalue weighted by atomic mass is 16.5. The Kier molecular flexibility index (Phi) is 4.62. The number of carbonyl (C=O) groups is 3. The number of aromatic nitrogens is 1. The fraction of sp³-hybridized carbons (Fsp3) is 0.450. The SMILES string of the molecule is CN(C)C(=O)CN1NC2C=C(N3CCOc4cc(C(=O)N5CCC5)[nH]c43)C=CN2C1=O. The highest BCUT2D eigenvalue weighted by Gasteiger charge is 2.38. The smallest absolute Gasteiger partial charge is 0.340 e. The van der Waals surface area contributed by atoms with Gasteiger partial charge in [0.05, 0.1) is 6.54 Å². The summed E-state index contributed by atoms with van der Waals surface area (Å²) in [6.07, 6.45) is 6.11. The zero-order valence-corrected chi connectivity index (χ0v) is 17.5. The topological polar surface area (TPSA) is 104 Å². The van der Waals surface area contributed by atoms with Gasteiger partial charge in [0.15, 0.2) is 11.6 Å². The Morgan fingerprint density at radius 3 is 2.77 bits per heavy atom. The van der Waals surface area contributed by atoms with Crippen LogP contribution in [0.4, 0.5) is 10.6 Å². The second-order valence-corrected chi connectivity index (χ2v) is 8.09. The average Bonchev–Trinajstić information content (AvgIpc) is 3.27. The van der Waals surface area contributed by atoms with Gasteiger partial charge in [0.2, 0.25) is 5.91 Å². The molecule has 1 aromatic heterocycles. The summed E-state index contributed by atoms with van der Waals surface area (Å²) in [5.74, 6) is 1.18. The van der Waals surface area contributed by atoms with E-state index in [9.17, 15) is 14.4 Å². The van der Waals surface area contributed by atoms with Gasteiger partial charge < -0.3 is 24.4 Å². The van der Waals surface area contributed by atoms with Crippen molar-refractivity contribution in [2.24, 2.45) is 0 Å². The number of hydrogen-bond donors (Lipinski definition) is 2. The molecule has 1 atom stereocenters. The molecular weight excluding hydrogens is 402 g/mol. The molecule has 5 heterocycles. The summed E-state index contributed by atoms with van der Waals surface area (Å²) in [7, 11) is 3.31. The van der Waals surface area contributed by atoms with Crippen LogP contribution in [0, 0.1) is 0 Å². The number of likely N-dealkylation sites (tertiary alicyclic amines) is 1. The number of urea groups is 1. The van der Waals surface area contributed by atoms with E-state index >= 15 is 0 Å².